The van der Waals surface area contributed by atoms with Gasteiger partial charge >= 0.3 is 0 Å². The smallest absolute Gasteiger partial charge is 0.134 e. The second kappa shape index (κ2) is 3.74. The molecule has 1 aliphatic heterocycles. The minimum absolute atomic E-state index is 0.520. The molecule has 0 bridgehead atoms. The van der Waals surface area contributed by atoms with Crippen LogP contribution in [0.1, 0.15) is 28.1 Å². The van der Waals surface area contributed by atoms with Gasteiger partial charge in [0.15, 0.2) is 0 Å². The molecule has 0 spiro atoms. The summed E-state index contributed by atoms with van der Waals surface area (Å²) < 4.78 is 0. The first-order chi connectivity index (χ1) is 7.13. The molecule has 0 N–H and O–H groups in total. The summed E-state index contributed by atoms with van der Waals surface area (Å²) in [5.74, 6) is 0. The van der Waals surface area contributed by atoms with Gasteiger partial charge in [-0.15, -0.1) is 0 Å². The van der Waals surface area contributed by atoms with Gasteiger partial charge in [-0.05, 0) is 37.5 Å². The van der Waals surface area contributed by atoms with Gasteiger partial charge in [0.2, 0.25) is 0 Å². The van der Waals surface area contributed by atoms with Gasteiger partial charge in [-0.1, -0.05) is 0 Å². The van der Waals surface area contributed by atoms with E-state index in [9.17, 15) is 4.79 Å². The van der Waals surface area contributed by atoms with Crippen LogP contribution in [0.4, 0.5) is 0 Å². The van der Waals surface area contributed by atoms with E-state index in [2.05, 4.69) is 23.7 Å². The predicted molar refractivity (Wildman–Crippen MR) is 58.6 cm³/mol. The molecule has 0 saturated carbocycles. The van der Waals surface area contributed by atoms with Crippen LogP contribution in [-0.2, 0) is 17.9 Å². The minimum atomic E-state index is 0.520. The summed E-state index contributed by atoms with van der Waals surface area (Å²) >= 11 is 0. The lowest BCUT2D eigenvalue weighted by Gasteiger charge is -2.09. The molecule has 0 unspecified atom stereocenters. The number of nitrogens with zero attached hydrogens (tertiary/aromatic N) is 2. The zero-order valence-corrected chi connectivity index (χ0v) is 9.50. The first-order valence-corrected chi connectivity index (χ1v) is 5.25. The number of aryl methyl sites for hydroxylation is 2. The number of hydrogen-bond donors (Lipinski definition) is 0. The Morgan fingerprint density at radius 3 is 2.53 bits per heavy atom. The first kappa shape index (κ1) is 10.3. The van der Waals surface area contributed by atoms with Gasteiger partial charge in [-0.25, -0.2) is 0 Å². The molecule has 0 radical (unpaired) electrons. The topological polar surface area (TPSA) is 33.2 Å². The van der Waals surface area contributed by atoms with E-state index in [0.29, 0.717) is 6.54 Å². The summed E-state index contributed by atoms with van der Waals surface area (Å²) in [5.41, 5.74) is 6.20. The van der Waals surface area contributed by atoms with Crippen molar-refractivity contribution >= 4 is 6.29 Å². The van der Waals surface area contributed by atoms with Gasteiger partial charge in [-0.2, -0.15) is 0 Å². The predicted octanol–water partition coefficient (Wildman–Crippen LogP) is 1.52. The Bertz CT molecular complexity index is 413. The maximum atomic E-state index is 10.5. The van der Waals surface area contributed by atoms with Crippen LogP contribution < -0.4 is 0 Å². The number of pyridine rings is 1. The Balaban J connectivity index is 2.40. The molecular formula is C12H16N2O. The number of rotatable bonds is 2. The standard InChI is InChI=1S/C12H16N2O/c1-8-9(2)13-10(3)12-7-14(4-5-15)6-11(8)12/h5H,4,6-7H2,1-3H3. The number of aromatic nitrogens is 1. The van der Waals surface area contributed by atoms with Crippen LogP contribution in [0.25, 0.3) is 0 Å². The number of fused-ring (bicyclic) bond motifs is 1. The van der Waals surface area contributed by atoms with Gasteiger partial charge in [0, 0.05) is 24.5 Å². The molecule has 2 rings (SSSR count). The molecule has 0 atom stereocenters. The molecule has 0 aromatic carbocycles. The molecular weight excluding hydrogens is 188 g/mol. The molecule has 1 aromatic heterocycles. The molecule has 80 valence electrons. The van der Waals surface area contributed by atoms with Gasteiger partial charge in [-0.3, -0.25) is 9.88 Å². The van der Waals surface area contributed by atoms with E-state index in [0.717, 1.165) is 30.8 Å². The molecule has 1 aromatic rings. The van der Waals surface area contributed by atoms with Crippen molar-refractivity contribution in [1.82, 2.24) is 9.88 Å². The average molecular weight is 204 g/mol. The van der Waals surface area contributed by atoms with Gasteiger partial charge in [0.25, 0.3) is 0 Å². The molecule has 0 fully saturated rings. The minimum Gasteiger partial charge on any atom is -0.302 e. The largest absolute Gasteiger partial charge is 0.302 e. The van der Waals surface area contributed by atoms with E-state index in [1.54, 1.807) is 0 Å². The van der Waals surface area contributed by atoms with Crippen LogP contribution >= 0.6 is 0 Å². The maximum Gasteiger partial charge on any atom is 0.134 e. The van der Waals surface area contributed by atoms with Crippen LogP contribution in [0, 0.1) is 20.8 Å². The summed E-state index contributed by atoms with van der Waals surface area (Å²) in [5, 5.41) is 0. The fourth-order valence-corrected chi connectivity index (χ4v) is 2.23. The summed E-state index contributed by atoms with van der Waals surface area (Å²) in [6.07, 6.45) is 0.969. The molecule has 3 heteroatoms. The fourth-order valence-electron chi connectivity index (χ4n) is 2.23. The van der Waals surface area contributed by atoms with Crippen molar-refractivity contribution in [3.63, 3.8) is 0 Å². The quantitative estimate of drug-likeness (QED) is 0.685. The monoisotopic (exact) mass is 204 g/mol. The third-order valence-corrected chi connectivity index (χ3v) is 3.23. The number of carbonyl (C=O) groups excluding carboxylic acids is 1. The summed E-state index contributed by atoms with van der Waals surface area (Å²) in [6.45, 7) is 8.50. The van der Waals surface area contributed by atoms with E-state index in [1.807, 2.05) is 6.92 Å². The van der Waals surface area contributed by atoms with Crippen molar-refractivity contribution < 1.29 is 4.79 Å². The van der Waals surface area contributed by atoms with Gasteiger partial charge in [0.1, 0.15) is 6.29 Å². The Kier molecular flexibility index (Phi) is 2.57. The number of carbonyl (C=O) groups is 1. The van der Waals surface area contributed by atoms with Gasteiger partial charge in [0.05, 0.1) is 6.54 Å². The highest BCUT2D eigenvalue weighted by molar-refractivity contribution is 5.53. The third-order valence-electron chi connectivity index (χ3n) is 3.23. The molecule has 15 heavy (non-hydrogen) atoms. The summed E-state index contributed by atoms with van der Waals surface area (Å²) in [4.78, 5) is 17.2. The van der Waals surface area contributed by atoms with Crippen LogP contribution in [0.15, 0.2) is 0 Å². The first-order valence-electron chi connectivity index (χ1n) is 5.25. The molecule has 0 aliphatic carbocycles. The van der Waals surface area contributed by atoms with Crippen LogP contribution in [0.3, 0.4) is 0 Å². The van der Waals surface area contributed by atoms with Crippen molar-refractivity contribution in [3.05, 3.63) is 28.1 Å². The highest BCUT2D eigenvalue weighted by Gasteiger charge is 2.23. The Hall–Kier alpha value is -1.22. The van der Waals surface area contributed by atoms with Crippen molar-refractivity contribution in [2.24, 2.45) is 0 Å². The van der Waals surface area contributed by atoms with Crippen LogP contribution in [0.5, 0.6) is 0 Å². The van der Waals surface area contributed by atoms with E-state index >= 15 is 0 Å². The maximum absolute atomic E-state index is 10.5. The SMILES string of the molecule is Cc1nc(C)c2c(c1C)CN(CC=O)C2. The average Bonchev–Trinajstić information content (AvgIpc) is 2.60. The van der Waals surface area contributed by atoms with Crippen molar-refractivity contribution in [3.8, 4) is 0 Å². The van der Waals surface area contributed by atoms with Crippen LogP contribution in [0.2, 0.25) is 0 Å². The van der Waals surface area contributed by atoms with E-state index in [-0.39, 0.29) is 0 Å². The second-order valence-corrected chi connectivity index (χ2v) is 4.20. The van der Waals surface area contributed by atoms with Crippen molar-refractivity contribution in [2.75, 3.05) is 6.54 Å². The zero-order chi connectivity index (χ0) is 11.0. The van der Waals surface area contributed by atoms with E-state index in [4.69, 9.17) is 0 Å². The summed E-state index contributed by atoms with van der Waals surface area (Å²) in [7, 11) is 0. The van der Waals surface area contributed by atoms with Crippen molar-refractivity contribution in [1.29, 1.82) is 0 Å². The highest BCUT2D eigenvalue weighted by atomic mass is 16.1. The Morgan fingerprint density at radius 2 is 1.87 bits per heavy atom. The van der Waals surface area contributed by atoms with Crippen LogP contribution in [-0.4, -0.2) is 22.7 Å². The molecule has 3 nitrogen and oxygen atoms in total. The summed E-state index contributed by atoms with van der Waals surface area (Å²) in [6, 6.07) is 0. The van der Waals surface area contributed by atoms with E-state index < -0.39 is 0 Å². The highest BCUT2D eigenvalue weighted by Crippen LogP contribution is 2.28. The Labute approximate surface area is 90.1 Å². The molecule has 1 aliphatic rings. The molecule has 2 heterocycles. The van der Waals surface area contributed by atoms with Gasteiger partial charge < -0.3 is 4.79 Å². The van der Waals surface area contributed by atoms with Crippen molar-refractivity contribution in [2.45, 2.75) is 33.9 Å². The lowest BCUT2D eigenvalue weighted by Crippen LogP contribution is -2.18. The lowest BCUT2D eigenvalue weighted by molar-refractivity contribution is -0.108. The number of aldehydes is 1. The lowest BCUT2D eigenvalue weighted by atomic mass is 10.0. The Morgan fingerprint density at radius 1 is 1.20 bits per heavy atom. The fraction of sp³-hybridized carbons (Fsp3) is 0.500. The molecule has 0 amide bonds. The zero-order valence-electron chi connectivity index (χ0n) is 9.50. The number of hydrogen-bond acceptors (Lipinski definition) is 3. The third kappa shape index (κ3) is 1.67. The second-order valence-electron chi connectivity index (χ2n) is 4.20. The normalized spacial score (nSPS) is 15.4. The molecule has 0 saturated heterocycles. The van der Waals surface area contributed by atoms with E-state index in [1.165, 1.54) is 16.7 Å².